The molecule has 0 bridgehead atoms. The van der Waals surface area contributed by atoms with Crippen molar-refractivity contribution in [2.24, 2.45) is 16.8 Å². The van der Waals surface area contributed by atoms with Gasteiger partial charge in [-0.05, 0) is 31.4 Å². The zero-order chi connectivity index (χ0) is 13.3. The monoisotopic (exact) mass is 270 g/mol. The van der Waals surface area contributed by atoms with Gasteiger partial charge in [-0.1, -0.05) is 0 Å². The molecule has 1 aliphatic rings. The molecule has 0 amide bonds. The van der Waals surface area contributed by atoms with Gasteiger partial charge in [0.25, 0.3) is 0 Å². The Morgan fingerprint density at radius 1 is 1.50 bits per heavy atom. The Bertz CT molecular complexity index is 512. The summed E-state index contributed by atoms with van der Waals surface area (Å²) < 4.78 is 22.2. The Morgan fingerprint density at radius 2 is 2.22 bits per heavy atom. The van der Waals surface area contributed by atoms with E-state index in [0.717, 1.165) is 25.3 Å². The lowest BCUT2D eigenvalue weighted by molar-refractivity contribution is 0.488. The predicted octanol–water partition coefficient (Wildman–Crippen LogP) is -0.0975. The molecular weight excluding hydrogens is 252 g/mol. The number of hydrogen-bond donors (Lipinski definition) is 2. The van der Waals surface area contributed by atoms with Crippen LogP contribution in [0.25, 0.3) is 0 Å². The van der Waals surface area contributed by atoms with Crippen LogP contribution >= 0.6 is 0 Å². The third-order valence-corrected chi connectivity index (χ3v) is 4.24. The molecule has 1 aliphatic heterocycles. The molecule has 1 aromatic rings. The van der Waals surface area contributed by atoms with Crippen molar-refractivity contribution in [3.63, 3.8) is 0 Å². The van der Waals surface area contributed by atoms with Crippen LogP contribution in [0, 0.1) is 5.92 Å². The molecule has 1 saturated heterocycles. The molecule has 0 aliphatic carbocycles. The maximum Gasteiger partial charge on any atom is 0.239 e. The van der Waals surface area contributed by atoms with Crippen molar-refractivity contribution in [1.29, 1.82) is 0 Å². The van der Waals surface area contributed by atoms with Gasteiger partial charge in [0.05, 0.1) is 0 Å². The molecule has 18 heavy (non-hydrogen) atoms. The van der Waals surface area contributed by atoms with Crippen LogP contribution in [0.3, 0.4) is 0 Å². The Labute approximate surface area is 107 Å². The molecule has 0 spiro atoms. The average Bonchev–Trinajstić information content (AvgIpc) is 2.77. The topological polar surface area (TPSA) is 102 Å². The molecule has 1 fully saturated rings. The lowest BCUT2D eigenvalue weighted by atomic mass is 10.0. The summed E-state index contributed by atoms with van der Waals surface area (Å²) in [5, 5.41) is 5.02. The van der Waals surface area contributed by atoms with E-state index in [0.29, 0.717) is 5.92 Å². The largest absolute Gasteiger partial charge is 0.356 e. The van der Waals surface area contributed by atoms with E-state index >= 15 is 0 Å². The van der Waals surface area contributed by atoms with E-state index in [9.17, 15) is 8.42 Å². The van der Waals surface area contributed by atoms with Gasteiger partial charge in [0.15, 0.2) is 0 Å². The average molecular weight is 270 g/mol. The zero-order valence-corrected chi connectivity index (χ0v) is 11.1. The molecule has 0 aromatic carbocycles. The van der Waals surface area contributed by atoms with Crippen LogP contribution in [-0.4, -0.2) is 32.5 Å². The first-order valence-electron chi connectivity index (χ1n) is 5.87. The van der Waals surface area contributed by atoms with Gasteiger partial charge in [-0.3, -0.25) is 0 Å². The van der Waals surface area contributed by atoms with Crippen LogP contribution in [0.2, 0.25) is 0 Å². The summed E-state index contributed by atoms with van der Waals surface area (Å²) in [6, 6.07) is 3.33. The number of pyridine rings is 1. The van der Waals surface area contributed by atoms with E-state index < -0.39 is 10.0 Å². The van der Waals surface area contributed by atoms with E-state index in [4.69, 9.17) is 10.9 Å². The van der Waals surface area contributed by atoms with E-state index in [1.807, 2.05) is 6.92 Å². The third-order valence-electron chi connectivity index (χ3n) is 3.34. The van der Waals surface area contributed by atoms with Gasteiger partial charge in [0, 0.05) is 25.3 Å². The maximum absolute atomic E-state index is 11.1. The fourth-order valence-electron chi connectivity index (χ4n) is 2.15. The fraction of sp³-hybridized carbons (Fsp3) is 0.545. The smallest absolute Gasteiger partial charge is 0.239 e. The Balaban J connectivity index is 2.12. The van der Waals surface area contributed by atoms with Gasteiger partial charge in [-0.2, -0.15) is 0 Å². The van der Waals surface area contributed by atoms with E-state index in [-0.39, 0.29) is 10.9 Å². The van der Waals surface area contributed by atoms with Gasteiger partial charge in [0.1, 0.15) is 10.7 Å². The molecular formula is C11H18N4O2S. The number of primary sulfonamides is 1. The SMILES string of the molecule is CC(N)C1CCN(c2ccc(S(N)(=O)=O)cn2)C1. The number of nitrogens with zero attached hydrogens (tertiary/aromatic N) is 2. The van der Waals surface area contributed by atoms with Gasteiger partial charge in [-0.15, -0.1) is 0 Å². The van der Waals surface area contributed by atoms with E-state index in [1.54, 1.807) is 6.07 Å². The van der Waals surface area contributed by atoms with E-state index in [1.165, 1.54) is 12.3 Å². The molecule has 2 heterocycles. The van der Waals surface area contributed by atoms with Crippen molar-refractivity contribution in [3.05, 3.63) is 18.3 Å². The van der Waals surface area contributed by atoms with Crippen molar-refractivity contribution in [1.82, 2.24) is 4.98 Å². The second kappa shape index (κ2) is 4.83. The third kappa shape index (κ3) is 2.80. The number of rotatable bonds is 3. The molecule has 6 nitrogen and oxygen atoms in total. The summed E-state index contributed by atoms with van der Waals surface area (Å²) in [6.07, 6.45) is 2.33. The highest BCUT2D eigenvalue weighted by molar-refractivity contribution is 7.89. The minimum atomic E-state index is -3.67. The summed E-state index contributed by atoms with van der Waals surface area (Å²) >= 11 is 0. The van der Waals surface area contributed by atoms with Gasteiger partial charge in [0.2, 0.25) is 10.0 Å². The molecule has 4 N–H and O–H groups in total. The van der Waals surface area contributed by atoms with Crippen LogP contribution < -0.4 is 15.8 Å². The number of aromatic nitrogens is 1. The maximum atomic E-state index is 11.1. The molecule has 2 rings (SSSR count). The summed E-state index contributed by atoms with van der Waals surface area (Å²) in [5.41, 5.74) is 5.88. The van der Waals surface area contributed by atoms with Crippen molar-refractivity contribution in [2.45, 2.75) is 24.3 Å². The second-order valence-electron chi connectivity index (χ2n) is 4.75. The lowest BCUT2D eigenvalue weighted by Gasteiger charge is -2.18. The quantitative estimate of drug-likeness (QED) is 0.798. The molecule has 2 atom stereocenters. The van der Waals surface area contributed by atoms with Gasteiger partial charge >= 0.3 is 0 Å². The first kappa shape index (κ1) is 13.3. The summed E-state index contributed by atoms with van der Waals surface area (Å²) in [5.74, 6) is 1.23. The first-order valence-corrected chi connectivity index (χ1v) is 7.42. The minimum Gasteiger partial charge on any atom is -0.356 e. The molecule has 1 aromatic heterocycles. The Morgan fingerprint density at radius 3 is 2.67 bits per heavy atom. The van der Waals surface area contributed by atoms with Crippen molar-refractivity contribution >= 4 is 15.8 Å². The first-order chi connectivity index (χ1) is 8.38. The lowest BCUT2D eigenvalue weighted by Crippen LogP contribution is -2.30. The minimum absolute atomic E-state index is 0.0363. The number of nitrogens with two attached hydrogens (primary N) is 2. The normalized spacial score (nSPS) is 22.2. The summed E-state index contributed by atoms with van der Waals surface area (Å²) in [4.78, 5) is 6.30. The van der Waals surface area contributed by atoms with Crippen LogP contribution in [0.5, 0.6) is 0 Å². The summed E-state index contributed by atoms with van der Waals surface area (Å²) in [6.45, 7) is 3.76. The van der Waals surface area contributed by atoms with Crippen molar-refractivity contribution in [2.75, 3.05) is 18.0 Å². The van der Waals surface area contributed by atoms with E-state index in [2.05, 4.69) is 9.88 Å². The van der Waals surface area contributed by atoms with Crippen LogP contribution in [0.1, 0.15) is 13.3 Å². The highest BCUT2D eigenvalue weighted by Crippen LogP contribution is 2.24. The molecule has 100 valence electrons. The molecule has 2 unspecified atom stereocenters. The van der Waals surface area contributed by atoms with Gasteiger partial charge in [-0.25, -0.2) is 18.5 Å². The fourth-order valence-corrected chi connectivity index (χ4v) is 2.61. The molecule has 7 heteroatoms. The predicted molar refractivity (Wildman–Crippen MR) is 69.6 cm³/mol. The summed E-state index contributed by atoms with van der Waals surface area (Å²) in [7, 11) is -3.67. The standard InChI is InChI=1S/C11H18N4O2S/c1-8(12)9-4-5-15(7-9)11-3-2-10(6-14-11)18(13,16)17/h2-3,6,8-9H,4-5,7,12H2,1H3,(H2,13,16,17). The van der Waals surface area contributed by atoms with Crippen molar-refractivity contribution in [3.8, 4) is 0 Å². The van der Waals surface area contributed by atoms with Gasteiger partial charge < -0.3 is 10.6 Å². The van der Waals surface area contributed by atoms with Crippen LogP contribution in [0.15, 0.2) is 23.2 Å². The molecule has 0 saturated carbocycles. The zero-order valence-electron chi connectivity index (χ0n) is 10.3. The number of hydrogen-bond acceptors (Lipinski definition) is 5. The second-order valence-corrected chi connectivity index (χ2v) is 6.31. The van der Waals surface area contributed by atoms with Crippen molar-refractivity contribution < 1.29 is 8.42 Å². The Kier molecular flexibility index (Phi) is 3.56. The highest BCUT2D eigenvalue weighted by atomic mass is 32.2. The molecule has 0 radical (unpaired) electrons. The number of anilines is 1. The highest BCUT2D eigenvalue weighted by Gasteiger charge is 2.26. The Hall–Kier alpha value is -1.18. The van der Waals surface area contributed by atoms with Crippen LogP contribution in [-0.2, 0) is 10.0 Å². The number of sulfonamides is 1. The van der Waals surface area contributed by atoms with Crippen LogP contribution in [0.4, 0.5) is 5.82 Å².